The highest BCUT2D eigenvalue weighted by Crippen LogP contribution is 2.16. The molecule has 0 aliphatic rings. The van der Waals surface area contributed by atoms with E-state index < -0.39 is 0 Å². The van der Waals surface area contributed by atoms with Crippen molar-refractivity contribution >= 4 is 50.8 Å². The zero-order valence-corrected chi connectivity index (χ0v) is 17.2. The van der Waals surface area contributed by atoms with E-state index in [1.54, 1.807) is 49.6 Å². The van der Waals surface area contributed by atoms with E-state index in [1.807, 2.05) is 6.07 Å². The molecule has 2 rings (SSSR count). The third kappa shape index (κ3) is 6.74. The number of carbonyl (C=O) groups is 2. The van der Waals surface area contributed by atoms with Crippen LogP contribution < -0.4 is 16.0 Å². The van der Waals surface area contributed by atoms with Gasteiger partial charge in [-0.05, 0) is 64.9 Å². The summed E-state index contributed by atoms with van der Waals surface area (Å²) in [6.07, 6.45) is 0.741. The lowest BCUT2D eigenvalue weighted by Crippen LogP contribution is -2.34. The van der Waals surface area contributed by atoms with Crippen LogP contribution in [0.3, 0.4) is 0 Å². The van der Waals surface area contributed by atoms with Crippen molar-refractivity contribution in [3.63, 3.8) is 0 Å². The Kier molecular flexibility index (Phi) is 8.38. The Balaban J connectivity index is 1.93. The zero-order chi connectivity index (χ0) is 19.6. The van der Waals surface area contributed by atoms with Gasteiger partial charge in [0.1, 0.15) is 0 Å². The SMILES string of the molecule is COCCCNC(=O)c1cccc(NC(=S)NC(=O)c2ccccc2Br)c1. The van der Waals surface area contributed by atoms with Gasteiger partial charge in [-0.25, -0.2) is 0 Å². The van der Waals surface area contributed by atoms with E-state index in [1.165, 1.54) is 0 Å². The first-order valence-corrected chi connectivity index (χ1v) is 9.45. The van der Waals surface area contributed by atoms with Crippen molar-refractivity contribution in [3.8, 4) is 0 Å². The highest BCUT2D eigenvalue weighted by molar-refractivity contribution is 9.10. The van der Waals surface area contributed by atoms with Crippen LogP contribution in [0.15, 0.2) is 53.0 Å². The average molecular weight is 450 g/mol. The van der Waals surface area contributed by atoms with Crippen LogP contribution in [0.4, 0.5) is 5.69 Å². The van der Waals surface area contributed by atoms with Crippen LogP contribution in [-0.2, 0) is 4.74 Å². The first-order valence-electron chi connectivity index (χ1n) is 8.25. The third-order valence-corrected chi connectivity index (χ3v) is 4.43. The number of anilines is 1. The predicted molar refractivity (Wildman–Crippen MR) is 113 cm³/mol. The van der Waals surface area contributed by atoms with Gasteiger partial charge in [0.05, 0.1) is 5.56 Å². The van der Waals surface area contributed by atoms with Gasteiger partial charge >= 0.3 is 0 Å². The van der Waals surface area contributed by atoms with Gasteiger partial charge in [0, 0.05) is 36.0 Å². The number of benzene rings is 2. The van der Waals surface area contributed by atoms with E-state index in [2.05, 4.69) is 31.9 Å². The van der Waals surface area contributed by atoms with Gasteiger partial charge in [0.25, 0.3) is 11.8 Å². The van der Waals surface area contributed by atoms with Crippen molar-refractivity contribution in [2.24, 2.45) is 0 Å². The van der Waals surface area contributed by atoms with Gasteiger partial charge in [-0.1, -0.05) is 18.2 Å². The Hall–Kier alpha value is -2.29. The van der Waals surface area contributed by atoms with Crippen molar-refractivity contribution in [2.45, 2.75) is 6.42 Å². The minimum Gasteiger partial charge on any atom is -0.385 e. The van der Waals surface area contributed by atoms with Crippen molar-refractivity contribution in [1.82, 2.24) is 10.6 Å². The van der Waals surface area contributed by atoms with Gasteiger partial charge in [0.15, 0.2) is 5.11 Å². The number of hydrogen-bond acceptors (Lipinski definition) is 4. The maximum atomic E-state index is 12.3. The lowest BCUT2D eigenvalue weighted by molar-refractivity contribution is 0.0946. The van der Waals surface area contributed by atoms with Crippen molar-refractivity contribution < 1.29 is 14.3 Å². The number of halogens is 1. The largest absolute Gasteiger partial charge is 0.385 e. The molecular weight excluding hydrogens is 430 g/mol. The topological polar surface area (TPSA) is 79.5 Å². The van der Waals surface area contributed by atoms with Crippen LogP contribution in [0, 0.1) is 0 Å². The smallest absolute Gasteiger partial charge is 0.258 e. The Morgan fingerprint density at radius 1 is 1.11 bits per heavy atom. The molecule has 27 heavy (non-hydrogen) atoms. The van der Waals surface area contributed by atoms with Crippen LogP contribution in [0.5, 0.6) is 0 Å². The first-order chi connectivity index (χ1) is 13.0. The lowest BCUT2D eigenvalue weighted by atomic mass is 10.2. The third-order valence-electron chi connectivity index (χ3n) is 3.54. The van der Waals surface area contributed by atoms with Gasteiger partial charge in [-0.2, -0.15) is 0 Å². The van der Waals surface area contributed by atoms with Gasteiger partial charge in [-0.15, -0.1) is 0 Å². The first kappa shape index (κ1) is 21.0. The quantitative estimate of drug-likeness (QED) is 0.446. The molecule has 0 heterocycles. The molecule has 6 nitrogen and oxygen atoms in total. The molecule has 0 aliphatic carbocycles. The normalized spacial score (nSPS) is 10.1. The number of carbonyl (C=O) groups excluding carboxylic acids is 2. The van der Waals surface area contributed by atoms with Crippen molar-refractivity contribution in [2.75, 3.05) is 25.6 Å². The Morgan fingerprint density at radius 2 is 1.89 bits per heavy atom. The zero-order valence-electron chi connectivity index (χ0n) is 14.8. The molecule has 0 unspecified atom stereocenters. The molecule has 0 spiro atoms. The summed E-state index contributed by atoms with van der Waals surface area (Å²) in [5, 5.41) is 8.50. The summed E-state index contributed by atoms with van der Waals surface area (Å²) in [6.45, 7) is 1.12. The molecule has 2 aromatic carbocycles. The second-order valence-corrected chi connectivity index (χ2v) is 6.83. The standard InChI is InChI=1S/C19H20BrN3O3S/c1-26-11-5-10-21-17(24)13-6-4-7-14(12-13)22-19(27)23-18(25)15-8-2-3-9-16(15)20/h2-4,6-9,12H,5,10-11H2,1H3,(H,21,24)(H2,22,23,25,27). The molecule has 0 aliphatic heterocycles. The van der Waals surface area contributed by atoms with E-state index in [0.717, 1.165) is 6.42 Å². The van der Waals surface area contributed by atoms with E-state index in [-0.39, 0.29) is 16.9 Å². The fourth-order valence-corrected chi connectivity index (χ4v) is 2.91. The fourth-order valence-electron chi connectivity index (χ4n) is 2.24. The molecule has 8 heteroatoms. The maximum Gasteiger partial charge on any atom is 0.258 e. The molecule has 2 aromatic rings. The predicted octanol–water partition coefficient (Wildman–Crippen LogP) is 3.34. The summed E-state index contributed by atoms with van der Waals surface area (Å²) in [5.74, 6) is -0.509. The number of nitrogens with one attached hydrogen (secondary N) is 3. The summed E-state index contributed by atoms with van der Waals surface area (Å²) < 4.78 is 5.63. The number of rotatable bonds is 7. The van der Waals surface area contributed by atoms with Crippen LogP contribution in [0.2, 0.25) is 0 Å². The molecular formula is C19H20BrN3O3S. The molecule has 0 radical (unpaired) electrons. The minimum atomic E-state index is -0.327. The van der Waals surface area contributed by atoms with Gasteiger partial charge < -0.3 is 15.4 Å². The molecule has 142 valence electrons. The highest BCUT2D eigenvalue weighted by atomic mass is 79.9. The second-order valence-electron chi connectivity index (χ2n) is 5.57. The monoisotopic (exact) mass is 449 g/mol. The number of methoxy groups -OCH3 is 1. The van der Waals surface area contributed by atoms with Crippen LogP contribution >= 0.6 is 28.1 Å². The van der Waals surface area contributed by atoms with Crippen LogP contribution in [0.1, 0.15) is 27.1 Å². The van der Waals surface area contributed by atoms with E-state index >= 15 is 0 Å². The molecule has 0 saturated carbocycles. The molecule has 0 atom stereocenters. The fraction of sp³-hybridized carbons (Fsp3) is 0.211. The number of hydrogen-bond donors (Lipinski definition) is 3. The number of thiocarbonyl (C=S) groups is 1. The Labute approximate surface area is 171 Å². The van der Waals surface area contributed by atoms with E-state index in [9.17, 15) is 9.59 Å². The van der Waals surface area contributed by atoms with Crippen LogP contribution in [0.25, 0.3) is 0 Å². The summed E-state index contributed by atoms with van der Waals surface area (Å²) in [7, 11) is 1.62. The summed E-state index contributed by atoms with van der Waals surface area (Å²) in [6, 6.07) is 13.9. The second kappa shape index (κ2) is 10.8. The average Bonchev–Trinajstić information content (AvgIpc) is 2.65. The van der Waals surface area contributed by atoms with Crippen molar-refractivity contribution in [3.05, 3.63) is 64.1 Å². The summed E-state index contributed by atoms with van der Waals surface area (Å²) in [5.41, 5.74) is 1.58. The molecule has 2 amide bonds. The van der Waals surface area contributed by atoms with Crippen molar-refractivity contribution in [1.29, 1.82) is 0 Å². The van der Waals surface area contributed by atoms with Crippen LogP contribution in [-0.4, -0.2) is 37.2 Å². The summed E-state index contributed by atoms with van der Waals surface area (Å²) >= 11 is 8.52. The van der Waals surface area contributed by atoms with Gasteiger partial charge in [0.2, 0.25) is 0 Å². The maximum absolute atomic E-state index is 12.3. The summed E-state index contributed by atoms with van der Waals surface area (Å²) in [4.78, 5) is 24.4. The van der Waals surface area contributed by atoms with E-state index in [0.29, 0.717) is 34.4 Å². The number of amides is 2. The molecule has 0 aromatic heterocycles. The molecule has 0 saturated heterocycles. The Morgan fingerprint density at radius 3 is 2.63 bits per heavy atom. The highest BCUT2D eigenvalue weighted by Gasteiger charge is 2.11. The number of ether oxygens (including phenoxy) is 1. The molecule has 0 bridgehead atoms. The van der Waals surface area contributed by atoms with Gasteiger partial charge in [-0.3, -0.25) is 14.9 Å². The molecule has 3 N–H and O–H groups in total. The lowest BCUT2D eigenvalue weighted by Gasteiger charge is -2.11. The van der Waals surface area contributed by atoms with E-state index in [4.69, 9.17) is 17.0 Å². The minimum absolute atomic E-state index is 0.147. The Bertz CT molecular complexity index is 829. The molecule has 0 fully saturated rings.